The molecule has 1 saturated heterocycles. The third-order valence-corrected chi connectivity index (χ3v) is 5.86. The van der Waals surface area contributed by atoms with Gasteiger partial charge in [-0.2, -0.15) is 0 Å². The summed E-state index contributed by atoms with van der Waals surface area (Å²) in [6.07, 6.45) is 7.12. The lowest BCUT2D eigenvalue weighted by atomic mass is 10.1. The van der Waals surface area contributed by atoms with E-state index in [1.807, 2.05) is 11.8 Å². The Morgan fingerprint density at radius 3 is 2.54 bits per heavy atom. The van der Waals surface area contributed by atoms with E-state index in [9.17, 15) is 13.2 Å². The number of amides is 1. The summed E-state index contributed by atoms with van der Waals surface area (Å²) < 4.78 is 22.3. The van der Waals surface area contributed by atoms with Gasteiger partial charge in [-0.3, -0.25) is 9.79 Å². The molecule has 7 nitrogen and oxygen atoms in total. The van der Waals surface area contributed by atoms with E-state index in [1.165, 1.54) is 19.1 Å². The average molecular weight is 500 g/mol. The molecule has 0 aromatic carbocycles. The van der Waals surface area contributed by atoms with Gasteiger partial charge < -0.3 is 15.5 Å². The lowest BCUT2D eigenvalue weighted by Gasteiger charge is -2.21. The van der Waals surface area contributed by atoms with Gasteiger partial charge in [-0.25, -0.2) is 8.42 Å². The quantitative estimate of drug-likeness (QED) is 0.239. The van der Waals surface area contributed by atoms with E-state index in [4.69, 9.17) is 0 Å². The fourth-order valence-electron chi connectivity index (χ4n) is 3.54. The largest absolute Gasteiger partial charge is 0.357 e. The number of halogens is 1. The van der Waals surface area contributed by atoms with Crippen LogP contribution < -0.4 is 10.6 Å². The van der Waals surface area contributed by atoms with Crippen LogP contribution in [0.4, 0.5) is 0 Å². The highest BCUT2D eigenvalue weighted by Crippen LogP contribution is 2.27. The third-order valence-electron chi connectivity index (χ3n) is 4.83. The normalized spacial score (nSPS) is 21.5. The molecule has 1 saturated carbocycles. The van der Waals surface area contributed by atoms with Gasteiger partial charge in [0.05, 0.1) is 5.75 Å². The second-order valence-corrected chi connectivity index (χ2v) is 9.40. The van der Waals surface area contributed by atoms with E-state index in [-0.39, 0.29) is 41.7 Å². The van der Waals surface area contributed by atoms with Crippen molar-refractivity contribution in [2.45, 2.75) is 51.5 Å². The summed E-state index contributed by atoms with van der Waals surface area (Å²) in [6, 6.07) is 0.207. The zero-order valence-electron chi connectivity index (χ0n) is 15.9. The van der Waals surface area contributed by atoms with E-state index in [0.717, 1.165) is 38.9 Å². The van der Waals surface area contributed by atoms with E-state index < -0.39 is 9.84 Å². The lowest BCUT2D eigenvalue weighted by molar-refractivity contribution is -0.134. The number of carbonyl (C=O) groups excluding carboxylic acids is 1. The van der Waals surface area contributed by atoms with Crippen molar-refractivity contribution in [1.29, 1.82) is 0 Å². The Hall–Kier alpha value is -0.580. The maximum Gasteiger partial charge on any atom is 0.225 e. The molecule has 2 N–H and O–H groups in total. The molecular weight excluding hydrogens is 467 g/mol. The Morgan fingerprint density at radius 2 is 1.92 bits per heavy atom. The molecule has 26 heavy (non-hydrogen) atoms. The van der Waals surface area contributed by atoms with Crippen LogP contribution in [0.1, 0.15) is 45.4 Å². The Morgan fingerprint density at radius 1 is 1.23 bits per heavy atom. The summed E-state index contributed by atoms with van der Waals surface area (Å²) in [6.45, 7) is 4.75. The number of nitrogens with zero attached hydrogens (tertiary/aromatic N) is 2. The van der Waals surface area contributed by atoms with Crippen molar-refractivity contribution in [3.63, 3.8) is 0 Å². The van der Waals surface area contributed by atoms with Crippen molar-refractivity contribution in [3.8, 4) is 0 Å². The number of nitrogens with one attached hydrogen (secondary N) is 2. The van der Waals surface area contributed by atoms with Crippen LogP contribution in [0.2, 0.25) is 0 Å². The highest BCUT2D eigenvalue weighted by atomic mass is 127. The van der Waals surface area contributed by atoms with Crippen LogP contribution in [0.5, 0.6) is 0 Å². The summed E-state index contributed by atoms with van der Waals surface area (Å²) in [7, 11) is -2.94. The van der Waals surface area contributed by atoms with E-state index in [0.29, 0.717) is 24.8 Å². The molecule has 0 aromatic heterocycles. The molecule has 1 heterocycles. The van der Waals surface area contributed by atoms with Crippen molar-refractivity contribution in [2.24, 2.45) is 10.9 Å². The van der Waals surface area contributed by atoms with Crippen molar-refractivity contribution in [1.82, 2.24) is 15.5 Å². The highest BCUT2D eigenvalue weighted by Gasteiger charge is 2.32. The molecule has 1 unspecified atom stereocenters. The Bertz CT molecular complexity index is 577. The minimum absolute atomic E-state index is 0. The zero-order chi connectivity index (χ0) is 18.3. The average Bonchev–Trinajstić information content (AvgIpc) is 3.21. The third kappa shape index (κ3) is 7.98. The fraction of sp³-hybridized carbons (Fsp3) is 0.882. The molecule has 2 aliphatic rings. The van der Waals surface area contributed by atoms with Gasteiger partial charge in [0, 0.05) is 44.4 Å². The van der Waals surface area contributed by atoms with Crippen LogP contribution in [-0.4, -0.2) is 69.4 Å². The number of carbonyl (C=O) groups is 1. The number of guanidine groups is 1. The van der Waals surface area contributed by atoms with E-state index in [2.05, 4.69) is 15.6 Å². The molecule has 1 amide bonds. The predicted molar refractivity (Wildman–Crippen MR) is 116 cm³/mol. The number of likely N-dealkylation sites (tertiary alicyclic amines) is 1. The van der Waals surface area contributed by atoms with Gasteiger partial charge in [0.25, 0.3) is 0 Å². The van der Waals surface area contributed by atoms with Crippen LogP contribution >= 0.6 is 24.0 Å². The summed E-state index contributed by atoms with van der Waals surface area (Å²) >= 11 is 0. The summed E-state index contributed by atoms with van der Waals surface area (Å²) in [4.78, 5) is 18.9. The van der Waals surface area contributed by atoms with Gasteiger partial charge in [-0.15, -0.1) is 24.0 Å². The molecule has 2 rings (SSSR count). The van der Waals surface area contributed by atoms with Crippen molar-refractivity contribution in [3.05, 3.63) is 0 Å². The van der Waals surface area contributed by atoms with Gasteiger partial charge in [0.1, 0.15) is 9.84 Å². The first kappa shape index (κ1) is 23.5. The van der Waals surface area contributed by atoms with Crippen LogP contribution in [0.25, 0.3) is 0 Å². The summed E-state index contributed by atoms with van der Waals surface area (Å²) in [5.74, 6) is 1.41. The Balaban J connectivity index is 0.00000338. The molecule has 0 bridgehead atoms. The summed E-state index contributed by atoms with van der Waals surface area (Å²) in [5, 5.41) is 6.58. The molecule has 1 atom stereocenters. The second kappa shape index (κ2) is 11.3. The van der Waals surface area contributed by atoms with Crippen molar-refractivity contribution >= 4 is 45.7 Å². The molecule has 0 aromatic rings. The number of sulfone groups is 1. The van der Waals surface area contributed by atoms with E-state index >= 15 is 0 Å². The topological polar surface area (TPSA) is 90.9 Å². The number of hydrogen-bond acceptors (Lipinski definition) is 4. The van der Waals surface area contributed by atoms with Gasteiger partial charge in [0.2, 0.25) is 5.91 Å². The fourth-order valence-corrected chi connectivity index (χ4v) is 4.19. The van der Waals surface area contributed by atoms with E-state index in [1.54, 1.807) is 0 Å². The second-order valence-electron chi connectivity index (χ2n) is 7.14. The molecule has 9 heteroatoms. The van der Waals surface area contributed by atoms with Gasteiger partial charge in [-0.05, 0) is 32.6 Å². The number of rotatable bonds is 7. The van der Waals surface area contributed by atoms with Gasteiger partial charge >= 0.3 is 0 Å². The Labute approximate surface area is 174 Å². The first-order chi connectivity index (χ1) is 11.9. The maximum absolute atomic E-state index is 12.5. The molecule has 152 valence electrons. The standard InChI is InChI=1S/C17H32N4O3S.HI/c1-3-18-17(19-10-6-12-25(2,23)24)20-15-9-11-21(13-15)16(22)14-7-4-5-8-14;/h14-15H,3-13H2,1-2H3,(H2,18,19,20);1H. The zero-order valence-corrected chi connectivity index (χ0v) is 19.0. The molecule has 1 aliphatic heterocycles. The predicted octanol–water partition coefficient (Wildman–Crippen LogP) is 1.39. The van der Waals surface area contributed by atoms with Crippen LogP contribution in [0.15, 0.2) is 4.99 Å². The number of hydrogen-bond donors (Lipinski definition) is 2. The first-order valence-corrected chi connectivity index (χ1v) is 11.5. The SMILES string of the molecule is CCNC(=NCCCS(C)(=O)=O)NC1CCN(C(=O)C2CCCC2)C1.I. The van der Waals surface area contributed by atoms with Crippen LogP contribution in [-0.2, 0) is 14.6 Å². The smallest absolute Gasteiger partial charge is 0.225 e. The molecular formula is C17H33IN4O3S. The van der Waals surface area contributed by atoms with Crippen molar-refractivity contribution in [2.75, 3.05) is 38.2 Å². The maximum atomic E-state index is 12.5. The van der Waals surface area contributed by atoms with Gasteiger partial charge in [0.15, 0.2) is 5.96 Å². The van der Waals surface area contributed by atoms with Gasteiger partial charge in [-0.1, -0.05) is 12.8 Å². The molecule has 0 spiro atoms. The molecule has 1 aliphatic carbocycles. The monoisotopic (exact) mass is 500 g/mol. The van der Waals surface area contributed by atoms with Crippen molar-refractivity contribution < 1.29 is 13.2 Å². The Kier molecular flexibility index (Phi) is 10.2. The molecule has 2 fully saturated rings. The number of aliphatic imine (C=N–C) groups is 1. The minimum atomic E-state index is -2.94. The first-order valence-electron chi connectivity index (χ1n) is 9.40. The summed E-state index contributed by atoms with van der Waals surface area (Å²) in [5.41, 5.74) is 0. The minimum Gasteiger partial charge on any atom is -0.357 e. The highest BCUT2D eigenvalue weighted by molar-refractivity contribution is 14.0. The van der Waals surface area contributed by atoms with Crippen LogP contribution in [0, 0.1) is 5.92 Å². The molecule has 0 radical (unpaired) electrons. The van der Waals surface area contributed by atoms with Crippen LogP contribution in [0.3, 0.4) is 0 Å². The lowest BCUT2D eigenvalue weighted by Crippen LogP contribution is -2.45.